The van der Waals surface area contributed by atoms with E-state index in [0.717, 1.165) is 18.4 Å². The fourth-order valence-electron chi connectivity index (χ4n) is 3.77. The molecule has 0 unspecified atom stereocenters. The SMILES string of the molecule is COc1cc(Cl)cc(C)c1C1=C([O-])C2(CCC(OC)CC2)NC1=O.[K+]. The summed E-state index contributed by atoms with van der Waals surface area (Å²) in [7, 11) is 3.18. The molecular weight excluding hydrogens is 369 g/mol. The van der Waals surface area contributed by atoms with Crippen LogP contribution in [0.2, 0.25) is 5.02 Å². The molecule has 0 aromatic heterocycles. The van der Waals surface area contributed by atoms with Gasteiger partial charge < -0.3 is 19.9 Å². The summed E-state index contributed by atoms with van der Waals surface area (Å²) in [5.74, 6) is -0.0357. The third kappa shape index (κ3) is 3.81. The molecule has 0 radical (unpaired) electrons. The van der Waals surface area contributed by atoms with Gasteiger partial charge in [-0.25, -0.2) is 0 Å². The number of hydrogen-bond donors (Lipinski definition) is 1. The number of nitrogens with one attached hydrogen (secondary N) is 1. The van der Waals surface area contributed by atoms with Crippen LogP contribution < -0.4 is 66.5 Å². The summed E-state index contributed by atoms with van der Waals surface area (Å²) in [6, 6.07) is 3.37. The zero-order chi connectivity index (χ0) is 17.5. The Morgan fingerprint density at radius 1 is 1.28 bits per heavy atom. The fourth-order valence-corrected chi connectivity index (χ4v) is 4.03. The Morgan fingerprint density at radius 2 is 1.92 bits per heavy atom. The number of benzene rings is 1. The zero-order valence-corrected chi connectivity index (χ0v) is 19.0. The minimum absolute atomic E-state index is 0. The van der Waals surface area contributed by atoms with Crippen molar-refractivity contribution >= 4 is 23.1 Å². The molecule has 25 heavy (non-hydrogen) atoms. The Bertz CT molecular complexity index is 711. The Kier molecular flexibility index (Phi) is 7.04. The van der Waals surface area contributed by atoms with Gasteiger partial charge in [0.2, 0.25) is 0 Å². The maximum absolute atomic E-state index is 13.1. The van der Waals surface area contributed by atoms with Gasteiger partial charge in [0, 0.05) is 23.3 Å². The van der Waals surface area contributed by atoms with Crippen LogP contribution in [-0.2, 0) is 9.53 Å². The molecule has 5 nitrogen and oxygen atoms in total. The van der Waals surface area contributed by atoms with Gasteiger partial charge in [0.25, 0.3) is 5.91 Å². The number of rotatable bonds is 3. The van der Waals surface area contributed by atoms with Crippen LogP contribution in [0.3, 0.4) is 0 Å². The molecular formula is C18H21ClKNO4. The summed E-state index contributed by atoms with van der Waals surface area (Å²) in [5.41, 5.74) is 0.658. The van der Waals surface area contributed by atoms with E-state index in [1.165, 1.54) is 7.11 Å². The van der Waals surface area contributed by atoms with E-state index in [9.17, 15) is 9.90 Å². The molecule has 1 N–H and O–H groups in total. The van der Waals surface area contributed by atoms with Crippen molar-refractivity contribution in [2.24, 2.45) is 0 Å². The Morgan fingerprint density at radius 3 is 2.48 bits per heavy atom. The monoisotopic (exact) mass is 389 g/mol. The van der Waals surface area contributed by atoms with Crippen LogP contribution in [0.15, 0.2) is 17.9 Å². The summed E-state index contributed by atoms with van der Waals surface area (Å²) in [6.07, 6.45) is 2.85. The minimum atomic E-state index is -0.807. The first-order chi connectivity index (χ1) is 11.4. The Labute approximate surface area is 195 Å². The molecule has 1 aromatic carbocycles. The Balaban J connectivity index is 0.00000225. The second-order valence-electron chi connectivity index (χ2n) is 6.48. The van der Waals surface area contributed by atoms with Crippen LogP contribution in [0.5, 0.6) is 5.75 Å². The van der Waals surface area contributed by atoms with Gasteiger partial charge in [0.1, 0.15) is 5.75 Å². The topological polar surface area (TPSA) is 70.6 Å². The normalized spacial score (nSPS) is 25.8. The predicted octanol–water partition coefficient (Wildman–Crippen LogP) is -0.810. The third-order valence-electron chi connectivity index (χ3n) is 5.10. The second kappa shape index (κ2) is 8.29. The first-order valence-corrected chi connectivity index (χ1v) is 8.41. The Hall–Kier alpha value is -0.0836. The van der Waals surface area contributed by atoms with Crippen molar-refractivity contribution in [3.05, 3.63) is 34.0 Å². The van der Waals surface area contributed by atoms with Crippen molar-refractivity contribution in [2.45, 2.75) is 44.2 Å². The molecule has 1 saturated carbocycles. The minimum Gasteiger partial charge on any atom is -0.873 e. The summed E-state index contributed by atoms with van der Waals surface area (Å²) in [6.45, 7) is 1.82. The van der Waals surface area contributed by atoms with Crippen molar-refractivity contribution in [3.63, 3.8) is 0 Å². The van der Waals surface area contributed by atoms with Gasteiger partial charge in [0.05, 0.1) is 18.8 Å². The number of carbonyl (C=O) groups excluding carboxylic acids is 1. The summed E-state index contributed by atoms with van der Waals surface area (Å²) >= 11 is 6.07. The van der Waals surface area contributed by atoms with Crippen molar-refractivity contribution in [1.29, 1.82) is 0 Å². The molecule has 1 aliphatic carbocycles. The van der Waals surface area contributed by atoms with Crippen LogP contribution in [-0.4, -0.2) is 31.8 Å². The van der Waals surface area contributed by atoms with E-state index in [-0.39, 0.29) is 74.7 Å². The summed E-state index contributed by atoms with van der Waals surface area (Å²) in [5, 5.41) is 16.6. The number of halogens is 1. The zero-order valence-electron chi connectivity index (χ0n) is 15.1. The number of methoxy groups -OCH3 is 2. The molecule has 1 fully saturated rings. The molecule has 2 aliphatic rings. The number of carbonyl (C=O) groups is 1. The number of aryl methyl sites for hydroxylation is 1. The summed E-state index contributed by atoms with van der Waals surface area (Å²) in [4.78, 5) is 12.6. The van der Waals surface area contributed by atoms with Gasteiger partial charge >= 0.3 is 51.4 Å². The second-order valence-corrected chi connectivity index (χ2v) is 6.91. The van der Waals surface area contributed by atoms with E-state index >= 15 is 0 Å². The van der Waals surface area contributed by atoms with Gasteiger partial charge in [0.15, 0.2) is 0 Å². The molecule has 3 rings (SSSR count). The van der Waals surface area contributed by atoms with Gasteiger partial charge in [-0.2, -0.15) is 0 Å². The standard InChI is InChI=1S/C18H22ClNO4.K/c1-10-8-11(19)9-13(24-3)14(10)15-16(21)18(20-17(15)22)6-4-12(23-2)5-7-18;/h8-9,12,21H,4-7H2,1-3H3,(H,20,22);/q;+1/p-1. The average molecular weight is 390 g/mol. The van der Waals surface area contributed by atoms with E-state index < -0.39 is 5.54 Å². The van der Waals surface area contributed by atoms with Crippen LogP contribution in [0.1, 0.15) is 36.8 Å². The number of amides is 1. The molecule has 0 atom stereocenters. The molecule has 1 heterocycles. The molecule has 1 amide bonds. The molecule has 130 valence electrons. The molecule has 7 heteroatoms. The first-order valence-electron chi connectivity index (χ1n) is 8.03. The largest absolute Gasteiger partial charge is 1.00 e. The maximum Gasteiger partial charge on any atom is 1.00 e. The third-order valence-corrected chi connectivity index (χ3v) is 5.31. The van der Waals surface area contributed by atoms with Crippen molar-refractivity contribution in [1.82, 2.24) is 5.32 Å². The molecule has 0 saturated heterocycles. The van der Waals surface area contributed by atoms with Crippen molar-refractivity contribution in [2.75, 3.05) is 14.2 Å². The quantitative estimate of drug-likeness (QED) is 0.686. The average Bonchev–Trinajstić information content (AvgIpc) is 2.79. The van der Waals surface area contributed by atoms with Gasteiger partial charge in [-0.1, -0.05) is 17.4 Å². The van der Waals surface area contributed by atoms with E-state index in [4.69, 9.17) is 21.1 Å². The van der Waals surface area contributed by atoms with E-state index in [2.05, 4.69) is 5.32 Å². The van der Waals surface area contributed by atoms with Crippen LogP contribution >= 0.6 is 11.6 Å². The van der Waals surface area contributed by atoms with Gasteiger partial charge in [-0.05, 0) is 50.3 Å². The number of ether oxygens (including phenoxy) is 2. The van der Waals surface area contributed by atoms with E-state index in [1.54, 1.807) is 19.2 Å². The number of hydrogen-bond acceptors (Lipinski definition) is 4. The van der Waals surface area contributed by atoms with Crippen molar-refractivity contribution < 1.29 is 70.8 Å². The van der Waals surface area contributed by atoms with Gasteiger partial charge in [-0.3, -0.25) is 4.79 Å². The molecule has 1 aliphatic heterocycles. The van der Waals surface area contributed by atoms with Gasteiger partial charge in [-0.15, -0.1) is 0 Å². The summed E-state index contributed by atoms with van der Waals surface area (Å²) < 4.78 is 10.7. The smallest absolute Gasteiger partial charge is 0.873 e. The van der Waals surface area contributed by atoms with Crippen LogP contribution in [0.4, 0.5) is 0 Å². The van der Waals surface area contributed by atoms with Crippen molar-refractivity contribution in [3.8, 4) is 5.75 Å². The fraction of sp³-hybridized carbons (Fsp3) is 0.500. The predicted molar refractivity (Wildman–Crippen MR) is 89.8 cm³/mol. The van der Waals surface area contributed by atoms with E-state index in [0.29, 0.717) is 29.2 Å². The van der Waals surface area contributed by atoms with Crippen LogP contribution in [0, 0.1) is 6.92 Å². The molecule has 1 aromatic rings. The molecule has 1 spiro atoms. The van der Waals surface area contributed by atoms with Crippen LogP contribution in [0.25, 0.3) is 5.57 Å². The maximum atomic E-state index is 13.1. The molecule has 0 bridgehead atoms. The first kappa shape index (κ1) is 21.2. The van der Waals surface area contributed by atoms with E-state index in [1.807, 2.05) is 6.92 Å².